The van der Waals surface area contributed by atoms with Gasteiger partial charge in [-0.05, 0) is 30.4 Å². The third-order valence-electron chi connectivity index (χ3n) is 3.94. The number of amides is 1. The molecule has 21 heavy (non-hydrogen) atoms. The Labute approximate surface area is 130 Å². The number of hydrogen-bond acceptors (Lipinski definition) is 3. The summed E-state index contributed by atoms with van der Waals surface area (Å²) in [5, 5.41) is 11.7. The van der Waals surface area contributed by atoms with Crippen LogP contribution in [0.25, 0.3) is 0 Å². The molecule has 6 heteroatoms. The summed E-state index contributed by atoms with van der Waals surface area (Å²) < 4.78 is 13.5. The van der Waals surface area contributed by atoms with Gasteiger partial charge >= 0.3 is 0 Å². The SMILES string of the molecule is Cl.N[C@@H]1CCC[C@H]1CC(=O)NCc1ccc(CO)c(F)c1. The normalized spacial score (nSPS) is 20.9. The second-order valence-corrected chi connectivity index (χ2v) is 5.42. The molecule has 118 valence electrons. The van der Waals surface area contributed by atoms with Crippen LogP contribution >= 0.6 is 12.4 Å². The molecule has 1 saturated carbocycles. The van der Waals surface area contributed by atoms with Crippen molar-refractivity contribution in [3.05, 3.63) is 35.1 Å². The first-order valence-corrected chi connectivity index (χ1v) is 7.00. The molecular weight excluding hydrogens is 295 g/mol. The highest BCUT2D eigenvalue weighted by Gasteiger charge is 2.25. The maximum atomic E-state index is 13.5. The van der Waals surface area contributed by atoms with Crippen LogP contribution in [-0.4, -0.2) is 17.1 Å². The summed E-state index contributed by atoms with van der Waals surface area (Å²) in [7, 11) is 0. The van der Waals surface area contributed by atoms with Crippen molar-refractivity contribution in [2.24, 2.45) is 11.7 Å². The Morgan fingerprint density at radius 3 is 2.76 bits per heavy atom. The zero-order valence-corrected chi connectivity index (χ0v) is 12.7. The average Bonchev–Trinajstić information content (AvgIpc) is 2.82. The zero-order chi connectivity index (χ0) is 14.5. The number of nitrogens with one attached hydrogen (secondary N) is 1. The van der Waals surface area contributed by atoms with Crippen molar-refractivity contribution >= 4 is 18.3 Å². The van der Waals surface area contributed by atoms with Crippen molar-refractivity contribution in [1.29, 1.82) is 0 Å². The molecule has 0 bridgehead atoms. The van der Waals surface area contributed by atoms with Crippen LogP contribution in [0.15, 0.2) is 18.2 Å². The minimum atomic E-state index is -0.447. The molecule has 2 atom stereocenters. The van der Waals surface area contributed by atoms with Crippen molar-refractivity contribution in [2.45, 2.75) is 44.9 Å². The van der Waals surface area contributed by atoms with Crippen LogP contribution < -0.4 is 11.1 Å². The summed E-state index contributed by atoms with van der Waals surface area (Å²) in [6, 6.07) is 4.70. The lowest BCUT2D eigenvalue weighted by atomic mass is 10.00. The van der Waals surface area contributed by atoms with Crippen LogP contribution in [0.1, 0.15) is 36.8 Å². The van der Waals surface area contributed by atoms with Crippen LogP contribution in [0, 0.1) is 11.7 Å². The highest BCUT2D eigenvalue weighted by Crippen LogP contribution is 2.26. The molecule has 1 fully saturated rings. The highest BCUT2D eigenvalue weighted by atomic mass is 35.5. The van der Waals surface area contributed by atoms with E-state index in [1.807, 2.05) is 0 Å². The summed E-state index contributed by atoms with van der Waals surface area (Å²) in [6.07, 6.45) is 3.53. The van der Waals surface area contributed by atoms with E-state index in [0.717, 1.165) is 19.3 Å². The fourth-order valence-corrected chi connectivity index (χ4v) is 2.66. The molecule has 0 radical (unpaired) electrons. The number of nitrogens with two attached hydrogens (primary N) is 1. The van der Waals surface area contributed by atoms with Crippen molar-refractivity contribution in [3.63, 3.8) is 0 Å². The second-order valence-electron chi connectivity index (χ2n) is 5.42. The summed E-state index contributed by atoms with van der Waals surface area (Å²) in [5.41, 5.74) is 6.88. The molecule has 0 aliphatic heterocycles. The number of aliphatic hydroxyl groups excluding tert-OH is 1. The molecule has 4 N–H and O–H groups in total. The Hall–Kier alpha value is -1.17. The van der Waals surface area contributed by atoms with Gasteiger partial charge < -0.3 is 16.2 Å². The molecule has 0 unspecified atom stereocenters. The van der Waals surface area contributed by atoms with Gasteiger partial charge in [0.15, 0.2) is 0 Å². The van der Waals surface area contributed by atoms with Gasteiger partial charge in [-0.25, -0.2) is 4.39 Å². The number of rotatable bonds is 5. The van der Waals surface area contributed by atoms with E-state index in [2.05, 4.69) is 5.32 Å². The van der Waals surface area contributed by atoms with Gasteiger partial charge in [-0.15, -0.1) is 12.4 Å². The molecule has 1 aromatic rings. The van der Waals surface area contributed by atoms with Gasteiger partial charge in [0.05, 0.1) is 6.61 Å². The molecule has 1 aliphatic carbocycles. The minimum Gasteiger partial charge on any atom is -0.392 e. The molecule has 0 aromatic heterocycles. The lowest BCUT2D eigenvalue weighted by Gasteiger charge is -2.14. The number of hydrogen-bond donors (Lipinski definition) is 3. The number of aliphatic hydroxyl groups is 1. The van der Waals surface area contributed by atoms with Gasteiger partial charge in [-0.3, -0.25) is 4.79 Å². The monoisotopic (exact) mass is 316 g/mol. The molecular formula is C15H22ClFN2O2. The summed E-state index contributed by atoms with van der Waals surface area (Å²) in [4.78, 5) is 11.8. The Kier molecular flexibility index (Phi) is 7.08. The Morgan fingerprint density at radius 1 is 1.43 bits per heavy atom. The average molecular weight is 317 g/mol. The summed E-state index contributed by atoms with van der Waals surface area (Å²) in [5.74, 6) is -0.223. The Morgan fingerprint density at radius 2 is 2.19 bits per heavy atom. The maximum absolute atomic E-state index is 13.5. The number of carbonyl (C=O) groups excluding carboxylic acids is 1. The molecule has 0 spiro atoms. The molecule has 2 rings (SSSR count). The molecule has 0 saturated heterocycles. The predicted octanol–water partition coefficient (Wildman–Crippen LogP) is 1.87. The quantitative estimate of drug-likeness (QED) is 0.776. The molecule has 4 nitrogen and oxygen atoms in total. The van der Waals surface area contributed by atoms with Gasteiger partial charge in [-0.1, -0.05) is 18.6 Å². The van der Waals surface area contributed by atoms with E-state index in [4.69, 9.17) is 10.8 Å². The first-order chi connectivity index (χ1) is 9.60. The van der Waals surface area contributed by atoms with E-state index < -0.39 is 5.82 Å². The Balaban J connectivity index is 0.00000220. The van der Waals surface area contributed by atoms with Crippen LogP contribution in [0.3, 0.4) is 0 Å². The van der Waals surface area contributed by atoms with Gasteiger partial charge in [0.25, 0.3) is 0 Å². The van der Waals surface area contributed by atoms with Gasteiger partial charge in [-0.2, -0.15) is 0 Å². The molecule has 1 aliphatic rings. The van der Waals surface area contributed by atoms with E-state index in [0.29, 0.717) is 18.5 Å². The third-order valence-corrected chi connectivity index (χ3v) is 3.94. The van der Waals surface area contributed by atoms with Gasteiger partial charge in [0, 0.05) is 24.6 Å². The smallest absolute Gasteiger partial charge is 0.220 e. The first kappa shape index (κ1) is 17.9. The van der Waals surface area contributed by atoms with E-state index in [-0.39, 0.29) is 42.4 Å². The van der Waals surface area contributed by atoms with E-state index in [9.17, 15) is 9.18 Å². The number of halogens is 2. The van der Waals surface area contributed by atoms with Crippen molar-refractivity contribution in [2.75, 3.05) is 0 Å². The molecule has 0 heterocycles. The van der Waals surface area contributed by atoms with Crippen LogP contribution in [-0.2, 0) is 17.9 Å². The number of carbonyl (C=O) groups is 1. The summed E-state index contributed by atoms with van der Waals surface area (Å²) in [6.45, 7) is -0.0263. The van der Waals surface area contributed by atoms with E-state index >= 15 is 0 Å². The van der Waals surface area contributed by atoms with E-state index in [1.54, 1.807) is 6.07 Å². The van der Waals surface area contributed by atoms with Crippen LogP contribution in [0.4, 0.5) is 4.39 Å². The van der Waals surface area contributed by atoms with Gasteiger partial charge in [0.2, 0.25) is 5.91 Å². The standard InChI is InChI=1S/C15H21FN2O2.ClH/c16-13-6-10(4-5-12(13)9-19)8-18-15(20)7-11-2-1-3-14(11)17;/h4-6,11,14,19H,1-3,7-9,17H2,(H,18,20);1H/t11-,14+;/m0./s1. The van der Waals surface area contributed by atoms with E-state index in [1.165, 1.54) is 12.1 Å². The molecule has 1 aromatic carbocycles. The lowest BCUT2D eigenvalue weighted by Crippen LogP contribution is -2.31. The summed E-state index contributed by atoms with van der Waals surface area (Å²) >= 11 is 0. The zero-order valence-electron chi connectivity index (χ0n) is 11.8. The highest BCUT2D eigenvalue weighted by molar-refractivity contribution is 5.85. The van der Waals surface area contributed by atoms with Crippen molar-refractivity contribution in [1.82, 2.24) is 5.32 Å². The largest absolute Gasteiger partial charge is 0.392 e. The fourth-order valence-electron chi connectivity index (χ4n) is 2.66. The fraction of sp³-hybridized carbons (Fsp3) is 0.533. The maximum Gasteiger partial charge on any atom is 0.220 e. The Bertz CT molecular complexity index is 485. The second kappa shape index (κ2) is 8.32. The van der Waals surface area contributed by atoms with Gasteiger partial charge in [0.1, 0.15) is 5.82 Å². The van der Waals surface area contributed by atoms with Crippen LogP contribution in [0.2, 0.25) is 0 Å². The molecule has 1 amide bonds. The predicted molar refractivity (Wildman–Crippen MR) is 81.4 cm³/mol. The first-order valence-electron chi connectivity index (χ1n) is 7.00. The minimum absolute atomic E-state index is 0. The van der Waals surface area contributed by atoms with Crippen LogP contribution in [0.5, 0.6) is 0 Å². The van der Waals surface area contributed by atoms with Crippen molar-refractivity contribution in [3.8, 4) is 0 Å². The topological polar surface area (TPSA) is 75.4 Å². The number of benzene rings is 1. The lowest BCUT2D eigenvalue weighted by molar-refractivity contribution is -0.122. The van der Waals surface area contributed by atoms with Crippen molar-refractivity contribution < 1.29 is 14.3 Å². The third kappa shape index (κ3) is 4.95.